The van der Waals surface area contributed by atoms with Crippen LogP contribution in [0, 0.1) is 0 Å². The summed E-state index contributed by atoms with van der Waals surface area (Å²) in [6.45, 7) is 5.28. The quantitative estimate of drug-likeness (QED) is 0.570. The molecule has 96 valence electrons. The van der Waals surface area contributed by atoms with E-state index in [1.54, 1.807) is 0 Å². The summed E-state index contributed by atoms with van der Waals surface area (Å²) >= 11 is 0. The molecule has 2 N–H and O–H groups in total. The van der Waals surface area contributed by atoms with E-state index in [9.17, 15) is 9.59 Å². The minimum Gasteiger partial charge on any atom is -0.353 e. The van der Waals surface area contributed by atoms with Crippen LogP contribution in [-0.2, 0) is 9.59 Å². The van der Waals surface area contributed by atoms with Gasteiger partial charge in [-0.05, 0) is 14.0 Å². The number of carbonyl (C=O) groups is 2. The summed E-state index contributed by atoms with van der Waals surface area (Å²) in [7, 11) is 2.07. The number of likely N-dealkylation sites (N-methyl/N-ethyl adjacent to an activating group) is 1. The molecule has 0 aromatic rings. The van der Waals surface area contributed by atoms with Gasteiger partial charge in [-0.2, -0.15) is 0 Å². The van der Waals surface area contributed by atoms with Gasteiger partial charge in [-0.1, -0.05) is 0 Å². The van der Waals surface area contributed by atoms with E-state index in [2.05, 4.69) is 29.5 Å². The van der Waals surface area contributed by atoms with Crippen LogP contribution in [0.1, 0.15) is 6.92 Å². The molecule has 2 unspecified atom stereocenters. The maximum absolute atomic E-state index is 12.3. The lowest BCUT2D eigenvalue weighted by molar-refractivity contribution is -0.138. The summed E-state index contributed by atoms with van der Waals surface area (Å²) in [4.78, 5) is 27.4. The molecule has 0 aliphatic carbocycles. The van der Waals surface area contributed by atoms with E-state index < -0.39 is 0 Å². The first-order valence-electron chi connectivity index (χ1n) is 6.07. The Hall–Kier alpha value is -1.14. The molecule has 2 aliphatic rings. The highest BCUT2D eigenvalue weighted by Crippen LogP contribution is 2.10. The zero-order valence-corrected chi connectivity index (χ0v) is 10.4. The van der Waals surface area contributed by atoms with E-state index in [1.807, 2.05) is 4.90 Å². The molecule has 2 aliphatic heterocycles. The SMILES string of the molecule is CC1CN(C)CCN1C(=O)C1CNC(=O)CN1. The molecule has 6 heteroatoms. The van der Waals surface area contributed by atoms with Gasteiger partial charge in [0, 0.05) is 32.2 Å². The molecule has 2 fully saturated rings. The summed E-state index contributed by atoms with van der Waals surface area (Å²) in [5.41, 5.74) is 0. The van der Waals surface area contributed by atoms with Crippen molar-refractivity contribution in [1.82, 2.24) is 20.4 Å². The van der Waals surface area contributed by atoms with Gasteiger partial charge in [0.15, 0.2) is 0 Å². The molecule has 0 spiro atoms. The third kappa shape index (κ3) is 2.76. The van der Waals surface area contributed by atoms with Crippen molar-refractivity contribution in [3.05, 3.63) is 0 Å². The molecule has 6 nitrogen and oxygen atoms in total. The van der Waals surface area contributed by atoms with Gasteiger partial charge in [0.2, 0.25) is 11.8 Å². The predicted octanol–water partition coefficient (Wildman–Crippen LogP) is -1.76. The first kappa shape index (κ1) is 12.3. The zero-order valence-electron chi connectivity index (χ0n) is 10.4. The third-order valence-corrected chi connectivity index (χ3v) is 3.42. The van der Waals surface area contributed by atoms with Crippen LogP contribution >= 0.6 is 0 Å². The highest BCUT2D eigenvalue weighted by atomic mass is 16.2. The number of rotatable bonds is 1. The molecule has 2 rings (SSSR count). The van der Waals surface area contributed by atoms with Gasteiger partial charge in [0.1, 0.15) is 6.04 Å². The number of piperazine rings is 2. The van der Waals surface area contributed by atoms with E-state index in [-0.39, 0.29) is 30.4 Å². The van der Waals surface area contributed by atoms with Crippen molar-refractivity contribution in [2.75, 3.05) is 39.8 Å². The van der Waals surface area contributed by atoms with Gasteiger partial charge in [-0.15, -0.1) is 0 Å². The molecule has 0 radical (unpaired) electrons. The Morgan fingerprint density at radius 3 is 2.76 bits per heavy atom. The van der Waals surface area contributed by atoms with Crippen LogP contribution in [0.15, 0.2) is 0 Å². The van der Waals surface area contributed by atoms with Crippen LogP contribution in [0.2, 0.25) is 0 Å². The smallest absolute Gasteiger partial charge is 0.241 e. The van der Waals surface area contributed by atoms with Crippen LogP contribution in [0.4, 0.5) is 0 Å². The average Bonchev–Trinajstić information content (AvgIpc) is 2.29. The fourth-order valence-corrected chi connectivity index (χ4v) is 2.41. The van der Waals surface area contributed by atoms with Crippen molar-refractivity contribution in [1.29, 1.82) is 0 Å². The number of nitrogens with zero attached hydrogens (tertiary/aromatic N) is 2. The minimum atomic E-state index is -0.265. The first-order chi connectivity index (χ1) is 8.08. The lowest BCUT2D eigenvalue weighted by atomic mass is 10.1. The van der Waals surface area contributed by atoms with Crippen LogP contribution in [0.25, 0.3) is 0 Å². The molecule has 2 atom stereocenters. The van der Waals surface area contributed by atoms with Gasteiger partial charge < -0.3 is 15.1 Å². The van der Waals surface area contributed by atoms with E-state index >= 15 is 0 Å². The molecular formula is C11H20N4O2. The van der Waals surface area contributed by atoms with Crippen molar-refractivity contribution >= 4 is 11.8 Å². The summed E-state index contributed by atoms with van der Waals surface area (Å²) in [6, 6.07) is -0.0285. The summed E-state index contributed by atoms with van der Waals surface area (Å²) in [6.07, 6.45) is 0. The van der Waals surface area contributed by atoms with Crippen LogP contribution < -0.4 is 10.6 Å². The monoisotopic (exact) mass is 240 g/mol. The van der Waals surface area contributed by atoms with Gasteiger partial charge in [0.25, 0.3) is 0 Å². The molecule has 0 bridgehead atoms. The second-order valence-electron chi connectivity index (χ2n) is 4.88. The Bertz CT molecular complexity index is 311. The predicted molar refractivity (Wildman–Crippen MR) is 63.5 cm³/mol. The molecule has 0 aromatic heterocycles. The molecule has 0 saturated carbocycles. The highest BCUT2D eigenvalue weighted by Gasteiger charge is 2.32. The molecular weight excluding hydrogens is 220 g/mol. The molecule has 2 heterocycles. The number of hydrogen-bond acceptors (Lipinski definition) is 4. The highest BCUT2D eigenvalue weighted by molar-refractivity contribution is 5.87. The first-order valence-corrected chi connectivity index (χ1v) is 6.07. The third-order valence-electron chi connectivity index (χ3n) is 3.42. The average molecular weight is 240 g/mol. The van der Waals surface area contributed by atoms with Crippen molar-refractivity contribution < 1.29 is 9.59 Å². The van der Waals surface area contributed by atoms with Crippen molar-refractivity contribution in [2.45, 2.75) is 19.0 Å². The van der Waals surface area contributed by atoms with Crippen LogP contribution in [-0.4, -0.2) is 73.5 Å². The largest absolute Gasteiger partial charge is 0.353 e. The molecule has 2 amide bonds. The Morgan fingerprint density at radius 2 is 2.18 bits per heavy atom. The topological polar surface area (TPSA) is 64.7 Å². The van der Waals surface area contributed by atoms with Gasteiger partial charge in [0.05, 0.1) is 6.54 Å². The summed E-state index contributed by atoms with van der Waals surface area (Å²) in [5.74, 6) is 0.0612. The normalized spacial score (nSPS) is 31.2. The fraction of sp³-hybridized carbons (Fsp3) is 0.818. The summed E-state index contributed by atoms with van der Waals surface area (Å²) < 4.78 is 0. The minimum absolute atomic E-state index is 0.0412. The Balaban J connectivity index is 1.93. The zero-order chi connectivity index (χ0) is 12.4. The second-order valence-corrected chi connectivity index (χ2v) is 4.88. The van der Waals surface area contributed by atoms with Gasteiger partial charge >= 0.3 is 0 Å². The van der Waals surface area contributed by atoms with Crippen molar-refractivity contribution in [3.63, 3.8) is 0 Å². The molecule has 0 aromatic carbocycles. The van der Waals surface area contributed by atoms with Crippen LogP contribution in [0.5, 0.6) is 0 Å². The second kappa shape index (κ2) is 5.01. The van der Waals surface area contributed by atoms with Crippen LogP contribution in [0.3, 0.4) is 0 Å². The Labute approximate surface area is 101 Å². The molecule has 2 saturated heterocycles. The van der Waals surface area contributed by atoms with E-state index in [1.165, 1.54) is 0 Å². The maximum Gasteiger partial charge on any atom is 0.241 e. The Kier molecular flexibility index (Phi) is 3.63. The van der Waals surface area contributed by atoms with Crippen molar-refractivity contribution in [3.8, 4) is 0 Å². The van der Waals surface area contributed by atoms with Gasteiger partial charge in [-0.25, -0.2) is 0 Å². The summed E-state index contributed by atoms with van der Waals surface area (Å²) in [5, 5.41) is 5.70. The number of carbonyl (C=O) groups excluding carboxylic acids is 2. The number of nitrogens with one attached hydrogen (secondary N) is 2. The number of hydrogen-bond donors (Lipinski definition) is 2. The maximum atomic E-state index is 12.3. The fourth-order valence-electron chi connectivity index (χ4n) is 2.41. The lowest BCUT2D eigenvalue weighted by Gasteiger charge is -2.40. The van der Waals surface area contributed by atoms with Crippen molar-refractivity contribution in [2.24, 2.45) is 0 Å². The standard InChI is InChI=1S/C11H20N4O2/c1-8-7-14(2)3-4-15(8)11(17)9-5-13-10(16)6-12-9/h8-9,12H,3-7H2,1-2H3,(H,13,16). The Morgan fingerprint density at radius 1 is 1.41 bits per heavy atom. The lowest BCUT2D eigenvalue weighted by Crippen LogP contribution is -2.62. The van der Waals surface area contributed by atoms with E-state index in [0.717, 1.165) is 19.6 Å². The van der Waals surface area contributed by atoms with E-state index in [4.69, 9.17) is 0 Å². The molecule has 17 heavy (non-hydrogen) atoms. The van der Waals surface area contributed by atoms with E-state index in [0.29, 0.717) is 6.54 Å². The number of amides is 2. The van der Waals surface area contributed by atoms with Gasteiger partial charge in [-0.3, -0.25) is 14.9 Å².